The summed E-state index contributed by atoms with van der Waals surface area (Å²) in [6.07, 6.45) is 3.58. The number of pyridine rings is 1. The summed E-state index contributed by atoms with van der Waals surface area (Å²) in [4.78, 5) is 12.0. The van der Waals surface area contributed by atoms with Crippen molar-refractivity contribution in [3.63, 3.8) is 0 Å². The molecule has 0 aliphatic rings. The largest absolute Gasteiger partial charge is 0.748 e. The number of rotatable bonds is 6. The molecule has 21 heavy (non-hydrogen) atoms. The fourth-order valence-corrected chi connectivity index (χ4v) is 2.37. The highest BCUT2D eigenvalue weighted by molar-refractivity contribution is 7.85. The molecule has 0 fully saturated rings. The Morgan fingerprint density at radius 2 is 1.67 bits per heavy atom. The van der Waals surface area contributed by atoms with Crippen LogP contribution in [0.2, 0.25) is 0 Å². The summed E-state index contributed by atoms with van der Waals surface area (Å²) < 4.78 is 33.4. The third kappa shape index (κ3) is 5.09. The number of hydrogen-bond donors (Lipinski definition) is 0. The van der Waals surface area contributed by atoms with Crippen LogP contribution in [0.1, 0.15) is 15.9 Å². The van der Waals surface area contributed by atoms with Gasteiger partial charge in [0.15, 0.2) is 12.4 Å². The van der Waals surface area contributed by atoms with Crippen molar-refractivity contribution in [2.75, 3.05) is 5.75 Å². The van der Waals surface area contributed by atoms with Crippen molar-refractivity contribution in [1.82, 2.24) is 0 Å². The average molecular weight is 305 g/mol. The maximum absolute atomic E-state index is 12.0. The van der Waals surface area contributed by atoms with Gasteiger partial charge in [-0.1, -0.05) is 30.3 Å². The highest BCUT2D eigenvalue weighted by atomic mass is 32.2. The van der Waals surface area contributed by atoms with Crippen LogP contribution in [0.3, 0.4) is 0 Å². The average Bonchev–Trinajstić information content (AvgIpc) is 2.46. The normalized spacial score (nSPS) is 11.3. The number of benzene rings is 1. The van der Waals surface area contributed by atoms with E-state index in [0.29, 0.717) is 5.56 Å². The Morgan fingerprint density at radius 3 is 2.24 bits per heavy atom. The van der Waals surface area contributed by atoms with Gasteiger partial charge in [-0.25, -0.2) is 8.42 Å². The number of carbonyl (C=O) groups is 1. The molecule has 1 aromatic heterocycles. The number of aryl methyl sites for hydroxylation is 1. The second-order valence-corrected chi connectivity index (χ2v) is 6.20. The van der Waals surface area contributed by atoms with E-state index in [1.807, 2.05) is 18.2 Å². The van der Waals surface area contributed by atoms with Gasteiger partial charge in [0.2, 0.25) is 12.3 Å². The quantitative estimate of drug-likeness (QED) is 0.452. The summed E-state index contributed by atoms with van der Waals surface area (Å²) in [7, 11) is -4.20. The molecule has 0 N–H and O–H groups in total. The first-order valence-electron chi connectivity index (χ1n) is 6.44. The van der Waals surface area contributed by atoms with Crippen LogP contribution >= 0.6 is 0 Å². The molecule has 1 aromatic carbocycles. The van der Waals surface area contributed by atoms with E-state index in [4.69, 9.17) is 0 Å². The van der Waals surface area contributed by atoms with Gasteiger partial charge >= 0.3 is 0 Å². The van der Waals surface area contributed by atoms with Crippen LogP contribution in [-0.2, 0) is 23.1 Å². The van der Waals surface area contributed by atoms with E-state index in [1.165, 1.54) is 0 Å². The highest BCUT2D eigenvalue weighted by Gasteiger charge is 2.11. The molecule has 0 amide bonds. The molecule has 0 spiro atoms. The maximum atomic E-state index is 12.0. The summed E-state index contributed by atoms with van der Waals surface area (Å²) in [6.45, 7) is 0.212. The first kappa shape index (κ1) is 15.3. The lowest BCUT2D eigenvalue weighted by Gasteiger charge is -2.05. The molecule has 2 aromatic rings. The van der Waals surface area contributed by atoms with Gasteiger partial charge in [0, 0.05) is 23.4 Å². The minimum Gasteiger partial charge on any atom is -0.748 e. The lowest BCUT2D eigenvalue weighted by molar-refractivity contribution is -0.683. The van der Waals surface area contributed by atoms with Crippen molar-refractivity contribution in [3.8, 4) is 0 Å². The molecule has 0 saturated heterocycles. The lowest BCUT2D eigenvalue weighted by Crippen LogP contribution is -2.37. The van der Waals surface area contributed by atoms with Gasteiger partial charge in [-0.3, -0.25) is 4.79 Å². The molecular formula is C15H15NO4S. The van der Waals surface area contributed by atoms with Crippen LogP contribution in [0.5, 0.6) is 0 Å². The van der Waals surface area contributed by atoms with E-state index in [0.717, 1.165) is 5.56 Å². The van der Waals surface area contributed by atoms with E-state index in [9.17, 15) is 17.8 Å². The molecule has 110 valence electrons. The summed E-state index contributed by atoms with van der Waals surface area (Å²) >= 11 is 0. The van der Waals surface area contributed by atoms with Crippen LogP contribution in [0.15, 0.2) is 54.9 Å². The predicted octanol–water partition coefficient (Wildman–Crippen LogP) is 0.945. The Morgan fingerprint density at radius 1 is 1.05 bits per heavy atom. The molecule has 6 heteroatoms. The van der Waals surface area contributed by atoms with Crippen molar-refractivity contribution in [2.45, 2.75) is 13.0 Å². The van der Waals surface area contributed by atoms with Crippen molar-refractivity contribution in [3.05, 3.63) is 66.0 Å². The van der Waals surface area contributed by atoms with Crippen molar-refractivity contribution in [1.29, 1.82) is 0 Å². The third-order valence-electron chi connectivity index (χ3n) is 3.02. The number of aromatic nitrogens is 1. The Bertz CT molecular complexity index is 709. The number of carbonyl (C=O) groups excluding carboxylic acids is 1. The third-order valence-corrected chi connectivity index (χ3v) is 3.73. The van der Waals surface area contributed by atoms with E-state index < -0.39 is 15.9 Å². The van der Waals surface area contributed by atoms with Gasteiger partial charge in [0.05, 0.1) is 10.1 Å². The SMILES string of the molecule is O=C(C[n+]1ccc(CCS(=O)(=O)[O-])cc1)c1ccccc1. The zero-order valence-electron chi connectivity index (χ0n) is 11.3. The van der Waals surface area contributed by atoms with Gasteiger partial charge < -0.3 is 4.55 Å². The molecule has 0 unspecified atom stereocenters. The molecular weight excluding hydrogens is 290 g/mol. The van der Waals surface area contributed by atoms with E-state index in [-0.39, 0.29) is 18.7 Å². The van der Waals surface area contributed by atoms with Crippen LogP contribution in [0, 0.1) is 0 Å². The van der Waals surface area contributed by atoms with E-state index in [2.05, 4.69) is 0 Å². The monoisotopic (exact) mass is 305 g/mol. The van der Waals surface area contributed by atoms with Crippen LogP contribution < -0.4 is 4.57 Å². The second-order valence-electron chi connectivity index (χ2n) is 4.68. The molecule has 0 bridgehead atoms. The molecule has 0 aliphatic heterocycles. The lowest BCUT2D eigenvalue weighted by atomic mass is 10.1. The summed E-state index contributed by atoms with van der Waals surface area (Å²) in [5.74, 6) is -0.421. The van der Waals surface area contributed by atoms with Gasteiger partial charge in [-0.15, -0.1) is 0 Å². The Kier molecular flexibility index (Phi) is 4.82. The van der Waals surface area contributed by atoms with E-state index in [1.54, 1.807) is 41.2 Å². The van der Waals surface area contributed by atoms with Crippen LogP contribution in [0.25, 0.3) is 0 Å². The fraction of sp³-hybridized carbons (Fsp3) is 0.200. The Hall–Kier alpha value is -2.05. The van der Waals surface area contributed by atoms with Crippen LogP contribution in [0.4, 0.5) is 0 Å². The number of Topliss-reactive ketones (excluding diaryl/α,β-unsaturated/α-hetero) is 1. The molecule has 0 saturated carbocycles. The van der Waals surface area contributed by atoms with E-state index >= 15 is 0 Å². The number of nitrogens with zero attached hydrogens (tertiary/aromatic N) is 1. The summed E-state index contributed by atoms with van der Waals surface area (Å²) in [5.41, 5.74) is 1.39. The molecule has 0 radical (unpaired) electrons. The van der Waals surface area contributed by atoms with Gasteiger partial charge in [0.25, 0.3) is 0 Å². The zero-order chi connectivity index (χ0) is 15.3. The van der Waals surface area contributed by atoms with Crippen molar-refractivity contribution >= 4 is 15.9 Å². The maximum Gasteiger partial charge on any atom is 0.227 e. The first-order valence-corrected chi connectivity index (χ1v) is 8.01. The topological polar surface area (TPSA) is 78.1 Å². The van der Waals surface area contributed by atoms with Crippen LogP contribution in [-0.4, -0.2) is 24.5 Å². The molecule has 0 atom stereocenters. The second kappa shape index (κ2) is 6.60. The highest BCUT2D eigenvalue weighted by Crippen LogP contribution is 2.01. The fourth-order valence-electron chi connectivity index (χ4n) is 1.88. The number of ketones is 1. The van der Waals surface area contributed by atoms with Gasteiger partial charge in [0.1, 0.15) is 0 Å². The predicted molar refractivity (Wildman–Crippen MR) is 75.7 cm³/mol. The Labute approximate surface area is 123 Å². The summed E-state index contributed by atoms with van der Waals surface area (Å²) in [5, 5.41) is 0. The molecule has 2 rings (SSSR count). The summed E-state index contributed by atoms with van der Waals surface area (Å²) in [6, 6.07) is 12.4. The molecule has 0 aliphatic carbocycles. The minimum atomic E-state index is -4.20. The van der Waals surface area contributed by atoms with Gasteiger partial charge in [-0.2, -0.15) is 4.57 Å². The van der Waals surface area contributed by atoms with Crippen molar-refractivity contribution < 1.29 is 22.3 Å². The first-order chi connectivity index (χ1) is 9.94. The van der Waals surface area contributed by atoms with Crippen molar-refractivity contribution in [2.24, 2.45) is 0 Å². The smallest absolute Gasteiger partial charge is 0.227 e. The van der Waals surface area contributed by atoms with Gasteiger partial charge in [-0.05, 0) is 12.0 Å². The molecule has 5 nitrogen and oxygen atoms in total. The standard InChI is InChI=1S/C15H15NO4S/c17-15(14-4-2-1-3-5-14)12-16-9-6-13(7-10-16)8-11-21(18,19)20/h1-7,9-10H,8,11-12H2. The minimum absolute atomic E-state index is 0.00418. The Balaban J connectivity index is 1.98. The number of hydrogen-bond acceptors (Lipinski definition) is 4. The molecule has 1 heterocycles. The zero-order valence-corrected chi connectivity index (χ0v) is 12.1.